The van der Waals surface area contributed by atoms with Crippen LogP contribution in [-0.4, -0.2) is 54.0 Å². The number of aromatic nitrogens is 2. The van der Waals surface area contributed by atoms with Gasteiger partial charge in [0.2, 0.25) is 0 Å². The van der Waals surface area contributed by atoms with Crippen molar-refractivity contribution in [2.75, 3.05) is 43.4 Å². The van der Waals surface area contributed by atoms with Gasteiger partial charge in [0.05, 0.1) is 11.9 Å². The Labute approximate surface area is 146 Å². The zero-order valence-electron chi connectivity index (χ0n) is 14.2. The third kappa shape index (κ3) is 3.21. The summed E-state index contributed by atoms with van der Waals surface area (Å²) in [5.74, 6) is 0.832. The normalized spacial score (nSPS) is 15.5. The summed E-state index contributed by atoms with van der Waals surface area (Å²) in [6, 6.07) is 11.5. The first-order chi connectivity index (χ1) is 12.2. The molecule has 1 fully saturated rings. The van der Waals surface area contributed by atoms with Crippen LogP contribution in [0.4, 0.5) is 11.5 Å². The number of amides is 1. The second kappa shape index (κ2) is 6.57. The van der Waals surface area contributed by atoms with E-state index in [9.17, 15) is 4.79 Å². The smallest absolute Gasteiger partial charge is 0.256 e. The van der Waals surface area contributed by atoms with Gasteiger partial charge in [-0.15, -0.1) is 0 Å². The van der Waals surface area contributed by atoms with E-state index in [2.05, 4.69) is 32.1 Å². The molecule has 0 atom stereocenters. The molecule has 0 spiro atoms. The first kappa shape index (κ1) is 15.7. The molecule has 6 nitrogen and oxygen atoms in total. The third-order valence-electron chi connectivity index (χ3n) is 4.67. The van der Waals surface area contributed by atoms with E-state index in [1.807, 2.05) is 42.6 Å². The molecule has 0 unspecified atom stereocenters. The van der Waals surface area contributed by atoms with E-state index in [-0.39, 0.29) is 5.91 Å². The lowest BCUT2D eigenvalue weighted by Gasteiger charge is -2.33. The lowest BCUT2D eigenvalue weighted by molar-refractivity contribution is 0.102. The van der Waals surface area contributed by atoms with Crippen LogP contribution < -0.4 is 10.2 Å². The van der Waals surface area contributed by atoms with Crippen molar-refractivity contribution in [3.63, 3.8) is 0 Å². The number of nitrogens with zero attached hydrogens (tertiary/aromatic N) is 3. The first-order valence-electron chi connectivity index (χ1n) is 8.48. The van der Waals surface area contributed by atoms with E-state index < -0.39 is 0 Å². The highest BCUT2D eigenvalue weighted by atomic mass is 16.1. The quantitative estimate of drug-likeness (QED) is 0.772. The van der Waals surface area contributed by atoms with Crippen molar-refractivity contribution < 1.29 is 4.79 Å². The van der Waals surface area contributed by atoms with Crippen molar-refractivity contribution in [1.29, 1.82) is 0 Å². The number of pyridine rings is 1. The molecule has 1 amide bonds. The summed E-state index contributed by atoms with van der Waals surface area (Å²) in [4.78, 5) is 24.8. The monoisotopic (exact) mass is 335 g/mol. The summed E-state index contributed by atoms with van der Waals surface area (Å²) in [7, 11) is 2.13. The van der Waals surface area contributed by atoms with Gasteiger partial charge in [-0.25, -0.2) is 4.98 Å². The van der Waals surface area contributed by atoms with Crippen LogP contribution in [0, 0.1) is 0 Å². The fourth-order valence-electron chi connectivity index (χ4n) is 3.16. The summed E-state index contributed by atoms with van der Waals surface area (Å²) >= 11 is 0. The number of carbonyl (C=O) groups excluding carboxylic acids is 1. The predicted octanol–water partition coefficient (Wildman–Crippen LogP) is 2.57. The van der Waals surface area contributed by atoms with Gasteiger partial charge in [0.15, 0.2) is 0 Å². The molecule has 2 aromatic heterocycles. The maximum atomic E-state index is 12.6. The highest BCUT2D eigenvalue weighted by molar-refractivity contribution is 6.12. The van der Waals surface area contributed by atoms with Crippen LogP contribution >= 0.6 is 0 Å². The van der Waals surface area contributed by atoms with Crippen molar-refractivity contribution in [1.82, 2.24) is 14.9 Å². The minimum Gasteiger partial charge on any atom is -0.361 e. The number of anilines is 2. The summed E-state index contributed by atoms with van der Waals surface area (Å²) in [5.41, 5.74) is 2.31. The van der Waals surface area contributed by atoms with E-state index in [1.54, 1.807) is 6.20 Å². The Morgan fingerprint density at radius 3 is 2.72 bits per heavy atom. The van der Waals surface area contributed by atoms with Crippen LogP contribution in [0.5, 0.6) is 0 Å². The number of aromatic amines is 1. The van der Waals surface area contributed by atoms with Crippen molar-refractivity contribution >= 4 is 28.3 Å². The Morgan fingerprint density at radius 1 is 1.12 bits per heavy atom. The van der Waals surface area contributed by atoms with Crippen molar-refractivity contribution in [2.24, 2.45) is 0 Å². The maximum Gasteiger partial charge on any atom is 0.256 e. The van der Waals surface area contributed by atoms with Crippen LogP contribution in [0.3, 0.4) is 0 Å². The molecule has 4 rings (SSSR count). The highest BCUT2D eigenvalue weighted by Crippen LogP contribution is 2.20. The zero-order valence-corrected chi connectivity index (χ0v) is 14.2. The van der Waals surface area contributed by atoms with Crippen LogP contribution in [0.1, 0.15) is 10.4 Å². The molecule has 1 aliphatic heterocycles. The van der Waals surface area contributed by atoms with Gasteiger partial charge in [0.1, 0.15) is 5.82 Å². The lowest BCUT2D eigenvalue weighted by Crippen LogP contribution is -2.44. The topological polar surface area (TPSA) is 64.3 Å². The molecule has 25 heavy (non-hydrogen) atoms. The third-order valence-corrected chi connectivity index (χ3v) is 4.67. The summed E-state index contributed by atoms with van der Waals surface area (Å²) in [6.45, 7) is 4.04. The molecule has 1 saturated heterocycles. The molecule has 0 aliphatic carbocycles. The standard InChI is InChI=1S/C19H21N5O/c1-23-9-11-24(12-10-23)18-6-5-14(13-21-18)22-19(25)16-3-2-4-17-15(16)7-8-20-17/h2-8,13,20H,9-12H2,1H3,(H,22,25). The van der Waals surface area contributed by atoms with E-state index in [4.69, 9.17) is 0 Å². The SMILES string of the molecule is CN1CCN(c2ccc(NC(=O)c3cccc4[nH]ccc34)cn2)CC1. The largest absolute Gasteiger partial charge is 0.361 e. The molecular formula is C19H21N5O. The number of carbonyl (C=O) groups is 1. The number of fused-ring (bicyclic) bond motifs is 1. The number of H-pyrrole nitrogens is 1. The van der Waals surface area contributed by atoms with Crippen molar-refractivity contribution in [3.8, 4) is 0 Å². The van der Waals surface area contributed by atoms with E-state index in [1.165, 1.54) is 0 Å². The van der Waals surface area contributed by atoms with Gasteiger partial charge in [-0.05, 0) is 37.4 Å². The Morgan fingerprint density at radius 2 is 1.96 bits per heavy atom. The van der Waals surface area contributed by atoms with Crippen LogP contribution in [0.15, 0.2) is 48.8 Å². The summed E-state index contributed by atoms with van der Waals surface area (Å²) in [6.07, 6.45) is 3.57. The molecule has 1 aromatic carbocycles. The van der Waals surface area contributed by atoms with Crippen molar-refractivity contribution in [3.05, 3.63) is 54.4 Å². The number of rotatable bonds is 3. The fraction of sp³-hybridized carbons (Fsp3) is 0.263. The lowest BCUT2D eigenvalue weighted by atomic mass is 10.1. The van der Waals surface area contributed by atoms with Gasteiger partial charge >= 0.3 is 0 Å². The number of benzene rings is 1. The van der Waals surface area contributed by atoms with Gasteiger partial charge in [0.25, 0.3) is 5.91 Å². The molecular weight excluding hydrogens is 314 g/mol. The Bertz CT molecular complexity index is 878. The molecule has 2 N–H and O–H groups in total. The number of piperazine rings is 1. The average molecular weight is 335 g/mol. The van der Waals surface area contributed by atoms with E-state index in [0.717, 1.165) is 42.9 Å². The van der Waals surface area contributed by atoms with E-state index >= 15 is 0 Å². The average Bonchev–Trinajstić information content (AvgIpc) is 3.12. The summed E-state index contributed by atoms with van der Waals surface area (Å²) in [5, 5.41) is 3.85. The number of nitrogens with one attached hydrogen (secondary N) is 2. The van der Waals surface area contributed by atoms with Crippen LogP contribution in [0.2, 0.25) is 0 Å². The predicted molar refractivity (Wildman–Crippen MR) is 100 cm³/mol. The molecule has 0 saturated carbocycles. The maximum absolute atomic E-state index is 12.6. The van der Waals surface area contributed by atoms with Crippen molar-refractivity contribution in [2.45, 2.75) is 0 Å². The Kier molecular flexibility index (Phi) is 4.11. The first-order valence-corrected chi connectivity index (χ1v) is 8.48. The van der Waals surface area contributed by atoms with E-state index in [0.29, 0.717) is 11.3 Å². The van der Waals surface area contributed by atoms with Gasteiger partial charge < -0.3 is 20.1 Å². The molecule has 3 aromatic rings. The molecule has 0 bridgehead atoms. The zero-order chi connectivity index (χ0) is 17.2. The molecule has 3 heterocycles. The Balaban J connectivity index is 1.47. The van der Waals surface area contributed by atoms with Crippen LogP contribution in [-0.2, 0) is 0 Å². The number of likely N-dealkylation sites (N-methyl/N-ethyl adjacent to an activating group) is 1. The number of hydrogen-bond donors (Lipinski definition) is 2. The summed E-state index contributed by atoms with van der Waals surface area (Å²) < 4.78 is 0. The number of hydrogen-bond acceptors (Lipinski definition) is 4. The second-order valence-electron chi connectivity index (χ2n) is 6.39. The molecule has 1 aliphatic rings. The van der Waals surface area contributed by atoms with Gasteiger partial charge in [-0.3, -0.25) is 4.79 Å². The van der Waals surface area contributed by atoms with Gasteiger partial charge in [-0.2, -0.15) is 0 Å². The fourth-order valence-corrected chi connectivity index (χ4v) is 3.16. The molecule has 0 radical (unpaired) electrons. The molecule has 6 heteroatoms. The van der Waals surface area contributed by atoms with Gasteiger partial charge in [0, 0.05) is 48.8 Å². The van der Waals surface area contributed by atoms with Crippen LogP contribution in [0.25, 0.3) is 10.9 Å². The Hall–Kier alpha value is -2.86. The second-order valence-corrected chi connectivity index (χ2v) is 6.39. The highest BCUT2D eigenvalue weighted by Gasteiger charge is 2.15. The van der Waals surface area contributed by atoms with Gasteiger partial charge in [-0.1, -0.05) is 6.07 Å². The minimum absolute atomic E-state index is 0.126. The molecule has 128 valence electrons. The minimum atomic E-state index is -0.126.